The minimum Gasteiger partial charge on any atom is -0.508 e. The van der Waals surface area contributed by atoms with Crippen LogP contribution in [0.2, 0.25) is 0 Å². The van der Waals surface area contributed by atoms with E-state index in [2.05, 4.69) is 54.4 Å². The molecule has 0 aliphatic rings. The molecule has 4 aromatic carbocycles. The Labute approximate surface area is 548 Å². The van der Waals surface area contributed by atoms with E-state index in [9.17, 15) is 68.4 Å². The van der Waals surface area contributed by atoms with Crippen LogP contribution in [-0.2, 0) is 73.6 Å². The number of rotatable bonds is 41. The van der Waals surface area contributed by atoms with Crippen molar-refractivity contribution in [1.82, 2.24) is 47.5 Å². The SMILES string of the molecule is CCCCCCCCCCCC(=O)N[C@@H](CC(C)C)C(=O)N[C@@H](Cc1ccc(O)cc1)C(=O)N[C@@H](Cc1c[nH]c2ccccc12)C(=O)N[C@@H](CO)C(=O)N[C@@H](Cc1ccc(O)cc1)C(=O)N[C@@H](CC(C)C)C(=O)N[C@@H](Cc1ccc(O)cc1)C(=O)N[C@@H](CC(N)=O)C(N)=O. The van der Waals surface area contributed by atoms with Crippen molar-refractivity contribution in [3.63, 3.8) is 0 Å². The van der Waals surface area contributed by atoms with Crippen molar-refractivity contribution in [2.75, 3.05) is 6.61 Å². The minimum absolute atomic E-state index is 0.0382. The van der Waals surface area contributed by atoms with Crippen molar-refractivity contribution in [1.29, 1.82) is 0 Å². The Hall–Kier alpha value is -9.52. The van der Waals surface area contributed by atoms with Gasteiger partial charge in [-0.1, -0.05) is 141 Å². The molecule has 0 bridgehead atoms. The van der Waals surface area contributed by atoms with E-state index in [0.29, 0.717) is 39.6 Å². The molecular weight excluding hydrogens is 1210 g/mol. The fourth-order valence-electron chi connectivity index (χ4n) is 10.8. The number of H-pyrrole nitrogens is 1. The molecule has 1 aromatic heterocycles. The average Bonchev–Trinajstić information content (AvgIpc) is 1.60. The first-order valence-corrected chi connectivity index (χ1v) is 32.3. The molecule has 0 fully saturated rings. The Kier molecular flexibility index (Phi) is 30.8. The number of hydrogen-bond donors (Lipinski definition) is 15. The van der Waals surface area contributed by atoms with Crippen LogP contribution in [0.15, 0.2) is 103 Å². The van der Waals surface area contributed by atoms with Crippen molar-refractivity contribution >= 4 is 70.0 Å². The summed E-state index contributed by atoms with van der Waals surface area (Å²) in [4.78, 5) is 142. The molecule has 25 nitrogen and oxygen atoms in total. The third-order valence-electron chi connectivity index (χ3n) is 15.8. The maximum atomic E-state index is 14.9. The number of nitrogens with two attached hydrogens (primary N) is 2. The minimum atomic E-state index is -1.80. The quantitative estimate of drug-likeness (QED) is 0.0248. The van der Waals surface area contributed by atoms with Gasteiger partial charge in [0.2, 0.25) is 59.1 Å². The highest BCUT2D eigenvalue weighted by Gasteiger charge is 2.36. The van der Waals surface area contributed by atoms with Crippen LogP contribution in [0.3, 0.4) is 0 Å². The number of aromatic amines is 1. The number of unbranched alkanes of at least 4 members (excludes halogenated alkanes) is 8. The van der Waals surface area contributed by atoms with Crippen LogP contribution in [0.5, 0.6) is 17.2 Å². The van der Waals surface area contributed by atoms with Gasteiger partial charge in [-0.25, -0.2) is 0 Å². The second-order valence-electron chi connectivity index (χ2n) is 24.8. The van der Waals surface area contributed by atoms with E-state index >= 15 is 0 Å². The second kappa shape index (κ2) is 38.5. The van der Waals surface area contributed by atoms with Crippen molar-refractivity contribution in [2.45, 2.75) is 192 Å². The molecule has 17 N–H and O–H groups in total. The summed E-state index contributed by atoms with van der Waals surface area (Å²) in [6.07, 6.45) is 10.0. The second-order valence-corrected chi connectivity index (χ2v) is 24.8. The number of carbonyl (C=O) groups is 10. The monoisotopic (exact) mass is 1300 g/mol. The fourth-order valence-corrected chi connectivity index (χ4v) is 10.8. The van der Waals surface area contributed by atoms with E-state index in [1.807, 2.05) is 13.8 Å². The van der Waals surface area contributed by atoms with E-state index in [4.69, 9.17) is 11.5 Å². The molecule has 25 heteroatoms. The van der Waals surface area contributed by atoms with E-state index in [0.717, 1.165) is 25.7 Å². The highest BCUT2D eigenvalue weighted by atomic mass is 16.3. The topological polar surface area (TPSA) is 416 Å². The summed E-state index contributed by atoms with van der Waals surface area (Å²) in [5.74, 6) is -9.31. The Morgan fingerprint density at radius 1 is 0.426 bits per heavy atom. The molecule has 510 valence electrons. The van der Waals surface area contributed by atoms with E-state index in [-0.39, 0.29) is 79.9 Å². The Balaban J connectivity index is 1.41. The van der Waals surface area contributed by atoms with Crippen LogP contribution in [0.25, 0.3) is 10.9 Å². The van der Waals surface area contributed by atoms with Gasteiger partial charge >= 0.3 is 0 Å². The number of aliphatic hydroxyl groups is 1. The number of phenols is 3. The first-order valence-electron chi connectivity index (χ1n) is 32.3. The summed E-state index contributed by atoms with van der Waals surface area (Å²) >= 11 is 0. The van der Waals surface area contributed by atoms with Gasteiger partial charge in [0, 0.05) is 49.2 Å². The zero-order chi connectivity index (χ0) is 68.9. The molecule has 0 saturated heterocycles. The first kappa shape index (κ1) is 75.2. The molecule has 0 aliphatic heterocycles. The third kappa shape index (κ3) is 25.9. The summed E-state index contributed by atoms with van der Waals surface area (Å²) in [5.41, 5.74) is 13.4. The normalized spacial score (nSPS) is 13.8. The lowest BCUT2D eigenvalue weighted by Gasteiger charge is -2.28. The number of benzene rings is 4. The Morgan fingerprint density at radius 3 is 1.18 bits per heavy atom. The largest absolute Gasteiger partial charge is 0.508 e. The van der Waals surface area contributed by atoms with Crippen LogP contribution in [0.4, 0.5) is 0 Å². The van der Waals surface area contributed by atoms with E-state index in [1.165, 1.54) is 86.3 Å². The highest BCUT2D eigenvalue weighted by Crippen LogP contribution is 2.22. The van der Waals surface area contributed by atoms with Gasteiger partial charge in [-0.2, -0.15) is 0 Å². The number of aromatic hydroxyl groups is 3. The molecule has 0 saturated carbocycles. The summed E-state index contributed by atoms with van der Waals surface area (Å²) < 4.78 is 0. The number of fused-ring (bicyclic) bond motifs is 1. The van der Waals surface area contributed by atoms with Crippen molar-refractivity contribution in [3.8, 4) is 17.2 Å². The number of phenolic OH excluding ortho intramolecular Hbond substituents is 3. The zero-order valence-corrected chi connectivity index (χ0v) is 54.3. The highest BCUT2D eigenvalue weighted by molar-refractivity contribution is 5.99. The van der Waals surface area contributed by atoms with Gasteiger partial charge in [0.25, 0.3) is 0 Å². The van der Waals surface area contributed by atoms with Crippen molar-refractivity contribution in [2.24, 2.45) is 23.3 Å². The molecule has 10 amide bonds. The van der Waals surface area contributed by atoms with Gasteiger partial charge in [0.15, 0.2) is 0 Å². The van der Waals surface area contributed by atoms with Crippen LogP contribution in [-0.4, -0.2) is 139 Å². The molecular formula is C69H95N11O14. The Bertz CT molecular complexity index is 3300. The maximum absolute atomic E-state index is 14.9. The maximum Gasteiger partial charge on any atom is 0.245 e. The van der Waals surface area contributed by atoms with Crippen molar-refractivity contribution < 1.29 is 68.4 Å². The number of amides is 10. The van der Waals surface area contributed by atoms with E-state index in [1.54, 1.807) is 56.4 Å². The van der Waals surface area contributed by atoms with Crippen LogP contribution >= 0.6 is 0 Å². The van der Waals surface area contributed by atoms with Gasteiger partial charge in [-0.15, -0.1) is 0 Å². The summed E-state index contributed by atoms with van der Waals surface area (Å²) in [6, 6.07) is 12.6. The molecule has 0 radical (unpaired) electrons. The van der Waals surface area contributed by atoms with Gasteiger partial charge in [0.1, 0.15) is 65.6 Å². The van der Waals surface area contributed by atoms with Crippen LogP contribution in [0.1, 0.15) is 140 Å². The predicted molar refractivity (Wildman–Crippen MR) is 354 cm³/mol. The lowest BCUT2D eigenvalue weighted by Crippen LogP contribution is -2.61. The molecule has 0 aliphatic carbocycles. The number of primary amides is 2. The number of hydrogen-bond acceptors (Lipinski definition) is 14. The molecule has 94 heavy (non-hydrogen) atoms. The number of carbonyl (C=O) groups excluding carboxylic acids is 10. The number of para-hydroxylation sites is 1. The first-order chi connectivity index (χ1) is 44.8. The van der Waals surface area contributed by atoms with Gasteiger partial charge in [0.05, 0.1) is 13.0 Å². The summed E-state index contributed by atoms with van der Waals surface area (Å²) in [5, 5.41) is 63.0. The molecule has 8 atom stereocenters. The fraction of sp³-hybridized carbons (Fsp3) is 0.478. The smallest absolute Gasteiger partial charge is 0.245 e. The molecule has 5 aromatic rings. The van der Waals surface area contributed by atoms with Crippen LogP contribution in [0, 0.1) is 11.8 Å². The number of nitrogens with one attached hydrogen (secondary N) is 9. The molecule has 5 rings (SSSR count). The van der Waals surface area contributed by atoms with Gasteiger partial charge in [-0.05, 0) is 95.8 Å². The standard InChI is InChI=1S/C69H95N11O14/c1-6-7-8-9-10-11-12-13-14-19-61(86)73-53(32-41(2)3)63(88)76-56(35-44-22-28-48(83)29-23-44)67(92)79-58(37-46-39-72-51-18-16-15-17-50(46)51)68(93)80-59(40-81)69(94)78-57(36-45-24-30-49(84)31-25-45)66(91)75-54(33-42(4)5)64(89)77-55(34-43-20-26-47(82)27-21-43)65(90)74-52(62(71)87)38-60(70)85/h15-18,20-31,39,41-42,52-59,72,81-84H,6-14,19,32-38,40H2,1-5H3,(H2,70,85)(H2,71,87)(H,73,86)(H,74,90)(H,75,91)(H,76,88)(H,77,89)(H,78,94)(H,79,92)(H,80,93)/t52-,53-,54-,55-,56-,57-,58-,59-/m0/s1. The zero-order valence-electron chi connectivity index (χ0n) is 54.3. The number of aliphatic hydroxyl groups excluding tert-OH is 1. The lowest BCUT2D eigenvalue weighted by molar-refractivity contribution is -0.136. The predicted octanol–water partition coefficient (Wildman–Crippen LogP) is 3.80. The van der Waals surface area contributed by atoms with Crippen LogP contribution < -0.4 is 54.0 Å². The lowest BCUT2D eigenvalue weighted by atomic mass is 9.99. The third-order valence-corrected chi connectivity index (χ3v) is 15.8. The van der Waals surface area contributed by atoms with E-state index < -0.39 is 115 Å². The molecule has 0 spiro atoms. The summed E-state index contributed by atoms with van der Waals surface area (Å²) in [7, 11) is 0. The molecule has 1 heterocycles. The summed E-state index contributed by atoms with van der Waals surface area (Å²) in [6.45, 7) is 8.43. The Morgan fingerprint density at radius 2 is 0.777 bits per heavy atom. The van der Waals surface area contributed by atoms with Gasteiger partial charge < -0.3 is 79.4 Å². The van der Waals surface area contributed by atoms with Gasteiger partial charge in [-0.3, -0.25) is 47.9 Å². The van der Waals surface area contributed by atoms with Crippen molar-refractivity contribution in [3.05, 3.63) is 126 Å². The number of aromatic nitrogens is 1. The average molecular weight is 1300 g/mol. The molecule has 0 unspecified atom stereocenters.